The zero-order valence-electron chi connectivity index (χ0n) is 20.0. The molecule has 0 unspecified atom stereocenters. The van der Waals surface area contributed by atoms with Gasteiger partial charge in [0.25, 0.3) is 0 Å². The fraction of sp³-hybridized carbons (Fsp3) is 0.727. The first-order chi connectivity index (χ1) is 15.5. The molecule has 0 spiro atoms. The number of β-lactam (4-membered cyclic amide) rings is 1. The minimum Gasteiger partial charge on any atom is -0.427 e. The van der Waals surface area contributed by atoms with Crippen molar-refractivity contribution in [3.05, 3.63) is 10.6 Å². The van der Waals surface area contributed by atoms with Crippen LogP contribution in [0.5, 0.6) is 0 Å². The number of amides is 1. The van der Waals surface area contributed by atoms with Gasteiger partial charge in [-0.2, -0.15) is 0 Å². The number of thioether (sulfide) groups is 2. The zero-order valence-corrected chi connectivity index (χ0v) is 22.4. The number of carbonyl (C=O) groups is 3. The van der Waals surface area contributed by atoms with Crippen LogP contribution in [0.25, 0.3) is 0 Å². The van der Waals surface area contributed by atoms with Gasteiger partial charge in [-0.15, -0.1) is 24.2 Å². The third kappa shape index (κ3) is 4.94. The monoisotopic (exact) mass is 533 g/mol. The number of likely N-dealkylation sites (tertiary alicyclic amines) is 1. The number of aliphatic imine (C=N–C) groups is 1. The quantitative estimate of drug-likeness (QED) is 0.312. The Labute approximate surface area is 214 Å². The number of amidine groups is 1. The van der Waals surface area contributed by atoms with Gasteiger partial charge in [0.15, 0.2) is 5.17 Å². The van der Waals surface area contributed by atoms with Crippen molar-refractivity contribution < 1.29 is 29.0 Å². The summed E-state index contributed by atoms with van der Waals surface area (Å²) in [6, 6.07) is -0.273. The lowest BCUT2D eigenvalue weighted by Crippen LogP contribution is -2.63. The van der Waals surface area contributed by atoms with E-state index in [1.54, 1.807) is 51.2 Å². The molecule has 1 amide bonds. The van der Waals surface area contributed by atoms with Gasteiger partial charge in [-0.3, -0.25) is 14.6 Å². The van der Waals surface area contributed by atoms with E-state index in [9.17, 15) is 19.5 Å². The summed E-state index contributed by atoms with van der Waals surface area (Å²) in [4.78, 5) is 46.8. The molecule has 0 bridgehead atoms. The van der Waals surface area contributed by atoms with Crippen molar-refractivity contribution in [1.29, 1.82) is 0 Å². The molecule has 0 aromatic heterocycles. The zero-order chi connectivity index (χ0) is 24.1. The maximum Gasteiger partial charge on any atom is 0.358 e. The Bertz CT molecular complexity index is 913. The Morgan fingerprint density at radius 3 is 2.53 bits per heavy atom. The van der Waals surface area contributed by atoms with E-state index >= 15 is 0 Å². The number of aliphatic hydroxyl groups excluding tert-OH is 1. The first-order valence-corrected chi connectivity index (χ1v) is 13.1. The van der Waals surface area contributed by atoms with Crippen LogP contribution >= 0.6 is 35.9 Å². The van der Waals surface area contributed by atoms with Crippen LogP contribution in [0.2, 0.25) is 0 Å². The highest BCUT2D eigenvalue weighted by atomic mass is 35.5. The molecule has 4 aliphatic heterocycles. The molecule has 0 radical (unpaired) electrons. The van der Waals surface area contributed by atoms with E-state index in [0.717, 1.165) is 35.5 Å². The lowest BCUT2D eigenvalue weighted by molar-refractivity contribution is -0.175. The first-order valence-electron chi connectivity index (χ1n) is 11.2. The minimum absolute atomic E-state index is 0. The Balaban J connectivity index is 0.00000324. The molecular formula is C22H32ClN3O6S2. The van der Waals surface area contributed by atoms with Crippen LogP contribution in [0.3, 0.4) is 0 Å². The van der Waals surface area contributed by atoms with E-state index in [2.05, 4.69) is 9.89 Å². The highest BCUT2D eigenvalue weighted by molar-refractivity contribution is 8.14. The van der Waals surface area contributed by atoms with E-state index in [1.807, 2.05) is 6.92 Å². The van der Waals surface area contributed by atoms with Crippen molar-refractivity contribution in [2.75, 3.05) is 32.2 Å². The topological polar surface area (TPSA) is 109 Å². The van der Waals surface area contributed by atoms with E-state index in [0.29, 0.717) is 0 Å². The van der Waals surface area contributed by atoms with Crippen LogP contribution in [0.1, 0.15) is 34.6 Å². The number of esters is 2. The SMILES string of the molecule is C[C@@H](O)[C@H]1C(=O)N2C(C(=O)OCOC(=O)C(C)(C)C)=C(SC3CN(C4=NCCS4)C3)[C@H](C)[C@H]12.Cl. The van der Waals surface area contributed by atoms with Crippen molar-refractivity contribution in [2.24, 2.45) is 22.2 Å². The van der Waals surface area contributed by atoms with Crippen LogP contribution in [-0.2, 0) is 23.9 Å². The third-order valence-electron chi connectivity index (χ3n) is 6.28. The fourth-order valence-electron chi connectivity index (χ4n) is 4.45. The summed E-state index contributed by atoms with van der Waals surface area (Å²) < 4.78 is 10.3. The van der Waals surface area contributed by atoms with Gasteiger partial charge >= 0.3 is 11.9 Å². The molecule has 4 atom stereocenters. The van der Waals surface area contributed by atoms with Gasteiger partial charge < -0.3 is 24.4 Å². The molecule has 0 aliphatic carbocycles. The smallest absolute Gasteiger partial charge is 0.358 e. The molecule has 4 heterocycles. The normalized spacial score (nSPS) is 27.4. The van der Waals surface area contributed by atoms with Gasteiger partial charge in [0.05, 0.1) is 30.0 Å². The van der Waals surface area contributed by atoms with Crippen molar-refractivity contribution in [3.8, 4) is 0 Å². The van der Waals surface area contributed by atoms with Crippen LogP contribution in [-0.4, -0.2) is 87.5 Å². The molecule has 1 N–H and O–H groups in total. The molecule has 190 valence electrons. The minimum atomic E-state index is -0.799. The average molecular weight is 534 g/mol. The Kier molecular flexibility index (Phi) is 8.21. The van der Waals surface area contributed by atoms with Crippen molar-refractivity contribution in [3.63, 3.8) is 0 Å². The summed E-state index contributed by atoms with van der Waals surface area (Å²) in [5.74, 6) is -1.06. The van der Waals surface area contributed by atoms with Crippen molar-refractivity contribution in [2.45, 2.75) is 52.0 Å². The van der Waals surface area contributed by atoms with Crippen LogP contribution in [0.15, 0.2) is 15.6 Å². The van der Waals surface area contributed by atoms with Crippen LogP contribution < -0.4 is 0 Å². The van der Waals surface area contributed by atoms with Gasteiger partial charge in [0.1, 0.15) is 5.70 Å². The molecular weight excluding hydrogens is 502 g/mol. The molecule has 9 nitrogen and oxygen atoms in total. The predicted molar refractivity (Wildman–Crippen MR) is 133 cm³/mol. The van der Waals surface area contributed by atoms with Crippen LogP contribution in [0, 0.1) is 17.3 Å². The molecule has 12 heteroatoms. The summed E-state index contributed by atoms with van der Waals surface area (Å²) in [5, 5.41) is 11.5. The Morgan fingerprint density at radius 2 is 1.97 bits per heavy atom. The number of fused-ring (bicyclic) bond motifs is 1. The number of aliphatic hydroxyl groups is 1. The molecule has 0 aromatic carbocycles. The summed E-state index contributed by atoms with van der Waals surface area (Å²) in [6.07, 6.45) is -0.799. The second-order valence-electron chi connectivity index (χ2n) is 9.86. The van der Waals surface area contributed by atoms with Crippen molar-refractivity contribution >= 4 is 58.9 Å². The second-order valence-corrected chi connectivity index (χ2v) is 12.3. The Morgan fingerprint density at radius 1 is 1.29 bits per heavy atom. The lowest BCUT2D eigenvalue weighted by Gasteiger charge is -2.46. The summed E-state index contributed by atoms with van der Waals surface area (Å²) in [7, 11) is 0. The van der Waals surface area contributed by atoms with Gasteiger partial charge in [-0.05, 0) is 27.7 Å². The molecule has 34 heavy (non-hydrogen) atoms. The standard InChI is InChI=1S/C22H31N3O6S2.ClH/c1-11-15-14(12(2)26)18(27)25(15)16(19(28)30-10-31-20(29)22(3,4)5)17(11)33-13-8-24(9-13)21-23-6-7-32-21;/h11-15,26H,6-10H2,1-5H3;1H/t11-,12-,14-,15-;/m1./s1. The average Bonchev–Trinajstić information content (AvgIpc) is 3.29. The number of nitrogens with zero attached hydrogens (tertiary/aromatic N) is 3. The summed E-state index contributed by atoms with van der Waals surface area (Å²) in [6.45, 7) is 10.7. The van der Waals surface area contributed by atoms with Gasteiger partial charge in [0, 0.05) is 34.9 Å². The van der Waals surface area contributed by atoms with Crippen LogP contribution in [0.4, 0.5) is 0 Å². The molecule has 4 rings (SSSR count). The number of hydrogen-bond donors (Lipinski definition) is 1. The fourth-order valence-corrected chi connectivity index (χ4v) is 6.85. The first kappa shape index (κ1) is 27.2. The van der Waals surface area contributed by atoms with E-state index < -0.39 is 36.2 Å². The van der Waals surface area contributed by atoms with E-state index in [4.69, 9.17) is 9.47 Å². The highest BCUT2D eigenvalue weighted by Gasteiger charge is 2.60. The number of halogens is 1. The predicted octanol–water partition coefficient (Wildman–Crippen LogP) is 2.09. The largest absolute Gasteiger partial charge is 0.427 e. The van der Waals surface area contributed by atoms with Gasteiger partial charge in [-0.1, -0.05) is 18.7 Å². The number of ether oxygens (including phenoxy) is 2. The second kappa shape index (κ2) is 10.3. The summed E-state index contributed by atoms with van der Waals surface area (Å²) in [5.41, 5.74) is -0.493. The van der Waals surface area contributed by atoms with E-state index in [-0.39, 0.29) is 41.2 Å². The molecule has 0 saturated carbocycles. The summed E-state index contributed by atoms with van der Waals surface area (Å²) >= 11 is 3.36. The van der Waals surface area contributed by atoms with E-state index in [1.165, 1.54) is 4.90 Å². The highest BCUT2D eigenvalue weighted by Crippen LogP contribution is 2.52. The Hall–Kier alpha value is -1.43. The van der Waals surface area contributed by atoms with Gasteiger partial charge in [-0.25, -0.2) is 4.79 Å². The number of carbonyl (C=O) groups excluding carboxylic acids is 3. The molecule has 4 aliphatic rings. The number of hydrogen-bond acceptors (Lipinski definition) is 10. The third-order valence-corrected chi connectivity index (χ3v) is 8.76. The lowest BCUT2D eigenvalue weighted by atomic mass is 9.79. The van der Waals surface area contributed by atoms with Crippen molar-refractivity contribution in [1.82, 2.24) is 9.80 Å². The molecule has 0 aromatic rings. The molecule has 2 fully saturated rings. The van der Waals surface area contributed by atoms with Gasteiger partial charge in [0.2, 0.25) is 12.7 Å². The maximum absolute atomic E-state index is 13.0. The number of rotatable bonds is 6. The maximum atomic E-state index is 13.0. The molecule has 2 saturated heterocycles.